The molecule has 3 N–H and O–H groups in total. The van der Waals surface area contributed by atoms with E-state index in [1.54, 1.807) is 0 Å². The van der Waals surface area contributed by atoms with Crippen LogP contribution in [-0.2, 0) is 6.42 Å². The number of hydrogen-bond donors (Lipinski definition) is 3. The highest BCUT2D eigenvalue weighted by Crippen LogP contribution is 2.10. The molecule has 0 unspecified atom stereocenters. The molecule has 112 valence electrons. The molecule has 0 spiro atoms. The topological polar surface area (TPSA) is 65.1 Å². The molecule has 0 atom stereocenters. The Morgan fingerprint density at radius 3 is 2.90 bits per heavy atom. The SMILES string of the molecule is C#CCNC(=NCCc1nc2ccccc2[nH]1)NCC.I. The summed E-state index contributed by atoms with van der Waals surface area (Å²) >= 11 is 0. The minimum Gasteiger partial charge on any atom is -0.357 e. The van der Waals surface area contributed by atoms with Crippen LogP contribution >= 0.6 is 24.0 Å². The fraction of sp³-hybridized carbons (Fsp3) is 0.333. The molecule has 1 aromatic heterocycles. The van der Waals surface area contributed by atoms with Crippen LogP contribution in [0, 0.1) is 12.3 Å². The molecule has 2 rings (SSSR count). The second-order valence-electron chi connectivity index (χ2n) is 4.27. The van der Waals surface area contributed by atoms with E-state index < -0.39 is 0 Å². The number of aromatic amines is 1. The third-order valence-electron chi connectivity index (χ3n) is 2.76. The normalized spacial score (nSPS) is 10.8. The molecule has 2 aromatic rings. The molecule has 0 saturated heterocycles. The van der Waals surface area contributed by atoms with Gasteiger partial charge >= 0.3 is 0 Å². The second-order valence-corrected chi connectivity index (χ2v) is 4.27. The molecule has 0 saturated carbocycles. The van der Waals surface area contributed by atoms with E-state index in [1.165, 1.54) is 0 Å². The highest BCUT2D eigenvalue weighted by Gasteiger charge is 2.01. The van der Waals surface area contributed by atoms with Crippen molar-refractivity contribution in [1.82, 2.24) is 20.6 Å². The number of rotatable bonds is 5. The van der Waals surface area contributed by atoms with Crippen molar-refractivity contribution in [3.05, 3.63) is 30.1 Å². The maximum atomic E-state index is 5.23. The van der Waals surface area contributed by atoms with E-state index in [-0.39, 0.29) is 24.0 Å². The number of nitrogens with zero attached hydrogens (tertiary/aromatic N) is 2. The molecule has 0 amide bonds. The summed E-state index contributed by atoms with van der Waals surface area (Å²) in [6, 6.07) is 8.00. The molecule has 0 bridgehead atoms. The number of aromatic nitrogens is 2. The van der Waals surface area contributed by atoms with E-state index in [2.05, 4.69) is 31.5 Å². The molecule has 0 fully saturated rings. The van der Waals surface area contributed by atoms with Crippen LogP contribution in [0.1, 0.15) is 12.7 Å². The Kier molecular flexibility index (Phi) is 7.61. The van der Waals surface area contributed by atoms with Crippen molar-refractivity contribution in [1.29, 1.82) is 0 Å². The van der Waals surface area contributed by atoms with Gasteiger partial charge in [0.1, 0.15) is 5.82 Å². The monoisotopic (exact) mass is 397 g/mol. The average Bonchev–Trinajstić information content (AvgIpc) is 2.87. The predicted octanol–water partition coefficient (Wildman–Crippen LogP) is 1.91. The van der Waals surface area contributed by atoms with Crippen molar-refractivity contribution in [2.24, 2.45) is 4.99 Å². The van der Waals surface area contributed by atoms with Crippen molar-refractivity contribution < 1.29 is 0 Å². The molecule has 0 aliphatic rings. The van der Waals surface area contributed by atoms with Gasteiger partial charge in [-0.05, 0) is 19.1 Å². The largest absolute Gasteiger partial charge is 0.357 e. The number of terminal acetylenes is 1. The summed E-state index contributed by atoms with van der Waals surface area (Å²) in [5.74, 6) is 4.22. The average molecular weight is 397 g/mol. The molecule has 1 aromatic carbocycles. The number of hydrogen-bond acceptors (Lipinski definition) is 2. The summed E-state index contributed by atoms with van der Waals surface area (Å²) in [4.78, 5) is 12.3. The van der Waals surface area contributed by atoms with Gasteiger partial charge in [0.2, 0.25) is 0 Å². The molecule has 0 radical (unpaired) electrons. The summed E-state index contributed by atoms with van der Waals surface area (Å²) in [7, 11) is 0. The zero-order chi connectivity index (χ0) is 14.2. The lowest BCUT2D eigenvalue weighted by Crippen LogP contribution is -2.37. The minimum atomic E-state index is 0. The van der Waals surface area contributed by atoms with E-state index >= 15 is 0 Å². The van der Waals surface area contributed by atoms with Crippen LogP contribution in [0.15, 0.2) is 29.3 Å². The van der Waals surface area contributed by atoms with Gasteiger partial charge in [0.15, 0.2) is 5.96 Å². The lowest BCUT2D eigenvalue weighted by Gasteiger charge is -2.08. The van der Waals surface area contributed by atoms with Crippen LogP contribution in [-0.4, -0.2) is 35.6 Å². The van der Waals surface area contributed by atoms with Crippen LogP contribution < -0.4 is 10.6 Å². The minimum absolute atomic E-state index is 0. The van der Waals surface area contributed by atoms with Crippen LogP contribution in [0.4, 0.5) is 0 Å². The number of fused-ring (bicyclic) bond motifs is 1. The Hall–Kier alpha value is -1.75. The first-order chi connectivity index (χ1) is 9.83. The van der Waals surface area contributed by atoms with Gasteiger partial charge in [0.05, 0.1) is 17.6 Å². The third kappa shape index (κ3) is 5.27. The van der Waals surface area contributed by atoms with Crippen molar-refractivity contribution in [3.8, 4) is 12.3 Å². The Morgan fingerprint density at radius 1 is 1.38 bits per heavy atom. The van der Waals surface area contributed by atoms with E-state index in [4.69, 9.17) is 6.42 Å². The highest BCUT2D eigenvalue weighted by atomic mass is 127. The van der Waals surface area contributed by atoms with Crippen molar-refractivity contribution >= 4 is 41.0 Å². The number of guanidine groups is 1. The van der Waals surface area contributed by atoms with Gasteiger partial charge in [-0.25, -0.2) is 4.98 Å². The molecule has 6 heteroatoms. The smallest absolute Gasteiger partial charge is 0.192 e. The Labute approximate surface area is 142 Å². The summed E-state index contributed by atoms with van der Waals surface area (Å²) in [5.41, 5.74) is 2.05. The molecule has 1 heterocycles. The molecule has 21 heavy (non-hydrogen) atoms. The number of nitrogens with one attached hydrogen (secondary N) is 3. The fourth-order valence-electron chi connectivity index (χ4n) is 1.87. The van der Waals surface area contributed by atoms with Gasteiger partial charge in [0, 0.05) is 19.5 Å². The summed E-state index contributed by atoms with van der Waals surface area (Å²) in [6.45, 7) is 3.95. The van der Waals surface area contributed by atoms with Crippen LogP contribution in [0.2, 0.25) is 0 Å². The molecule has 0 aliphatic carbocycles. The van der Waals surface area contributed by atoms with E-state index in [0.29, 0.717) is 13.1 Å². The van der Waals surface area contributed by atoms with Crippen molar-refractivity contribution in [2.45, 2.75) is 13.3 Å². The quantitative estimate of drug-likeness (QED) is 0.313. The van der Waals surface area contributed by atoms with E-state index in [0.717, 1.165) is 35.8 Å². The van der Waals surface area contributed by atoms with E-state index in [1.807, 2.05) is 31.2 Å². The van der Waals surface area contributed by atoms with Crippen molar-refractivity contribution in [2.75, 3.05) is 19.6 Å². The second kappa shape index (κ2) is 9.23. The van der Waals surface area contributed by atoms with Gasteiger partial charge in [-0.15, -0.1) is 30.4 Å². The predicted molar refractivity (Wildman–Crippen MR) is 98.0 cm³/mol. The van der Waals surface area contributed by atoms with Gasteiger partial charge in [-0.2, -0.15) is 0 Å². The number of halogens is 1. The van der Waals surface area contributed by atoms with Gasteiger partial charge < -0.3 is 15.6 Å². The Morgan fingerprint density at radius 2 is 2.19 bits per heavy atom. The Bertz CT molecular complexity index is 593. The fourth-order valence-corrected chi connectivity index (χ4v) is 1.87. The van der Waals surface area contributed by atoms with Crippen LogP contribution in [0.5, 0.6) is 0 Å². The molecular weight excluding hydrogens is 377 g/mol. The molecule has 5 nitrogen and oxygen atoms in total. The van der Waals surface area contributed by atoms with Crippen LogP contribution in [0.25, 0.3) is 11.0 Å². The number of H-pyrrole nitrogens is 1. The number of benzene rings is 1. The zero-order valence-electron chi connectivity index (χ0n) is 12.0. The van der Waals surface area contributed by atoms with Gasteiger partial charge in [-0.1, -0.05) is 18.1 Å². The first-order valence-corrected chi connectivity index (χ1v) is 6.72. The zero-order valence-corrected chi connectivity index (χ0v) is 14.3. The number of para-hydroxylation sites is 2. The number of imidazole rings is 1. The van der Waals surface area contributed by atoms with Gasteiger partial charge in [0.25, 0.3) is 0 Å². The third-order valence-corrected chi connectivity index (χ3v) is 2.76. The highest BCUT2D eigenvalue weighted by molar-refractivity contribution is 14.0. The van der Waals surface area contributed by atoms with Crippen molar-refractivity contribution in [3.63, 3.8) is 0 Å². The summed E-state index contributed by atoms with van der Waals surface area (Å²) in [6.07, 6.45) is 5.99. The Balaban J connectivity index is 0.00000220. The lowest BCUT2D eigenvalue weighted by atomic mass is 10.3. The number of aliphatic imine (C=N–C) groups is 1. The van der Waals surface area contributed by atoms with Gasteiger partial charge in [-0.3, -0.25) is 4.99 Å². The maximum Gasteiger partial charge on any atom is 0.192 e. The summed E-state index contributed by atoms with van der Waals surface area (Å²) < 4.78 is 0. The lowest BCUT2D eigenvalue weighted by molar-refractivity contribution is 0.840. The summed E-state index contributed by atoms with van der Waals surface area (Å²) in [5, 5.41) is 6.20. The van der Waals surface area contributed by atoms with Crippen LogP contribution in [0.3, 0.4) is 0 Å². The first kappa shape index (κ1) is 17.3. The standard InChI is InChI=1S/C15H19N5.HI/c1-3-10-17-15(16-4-2)18-11-9-14-19-12-7-5-6-8-13(12)20-14;/h1,5-8H,4,9-11H2,2H3,(H,19,20)(H2,16,17,18);1H. The molecular formula is C15H20IN5. The maximum absolute atomic E-state index is 5.23. The first-order valence-electron chi connectivity index (χ1n) is 6.72. The molecule has 0 aliphatic heterocycles. The van der Waals surface area contributed by atoms with E-state index in [9.17, 15) is 0 Å².